The van der Waals surface area contributed by atoms with E-state index in [1.54, 1.807) is 0 Å². The van der Waals surface area contributed by atoms with Gasteiger partial charge in [-0.15, -0.1) is 0 Å². The zero-order valence-electron chi connectivity index (χ0n) is 18.8. The molecule has 1 fully saturated rings. The molecule has 0 unspecified atom stereocenters. The molecule has 3 nitrogen and oxygen atoms in total. The quantitative estimate of drug-likeness (QED) is 0.295. The summed E-state index contributed by atoms with van der Waals surface area (Å²) < 4.78 is 5.49. The Bertz CT molecular complexity index is 570. The number of aliphatic hydroxyl groups is 1. The molecule has 2 rings (SSSR count). The molecule has 1 aromatic rings. The molecule has 0 aliphatic heterocycles. The summed E-state index contributed by atoms with van der Waals surface area (Å²) in [6.07, 6.45) is 14.7. The maximum absolute atomic E-state index is 12.3. The molecule has 0 atom stereocenters. The maximum Gasteiger partial charge on any atom is 0.308 e. The summed E-state index contributed by atoms with van der Waals surface area (Å²) in [6, 6.07) is 8.50. The van der Waals surface area contributed by atoms with E-state index in [4.69, 9.17) is 4.74 Å². The number of aryl methyl sites for hydroxylation is 1. The Hall–Kier alpha value is -1.35. The van der Waals surface area contributed by atoms with E-state index in [1.807, 2.05) is 0 Å². The highest BCUT2D eigenvalue weighted by Gasteiger charge is 2.37. The van der Waals surface area contributed by atoms with Crippen molar-refractivity contribution >= 4 is 5.97 Å². The maximum atomic E-state index is 12.3. The third-order valence-corrected chi connectivity index (χ3v) is 6.45. The van der Waals surface area contributed by atoms with Gasteiger partial charge < -0.3 is 9.84 Å². The summed E-state index contributed by atoms with van der Waals surface area (Å²) in [7, 11) is 0. The topological polar surface area (TPSA) is 46.5 Å². The molecule has 3 heteroatoms. The van der Waals surface area contributed by atoms with Gasteiger partial charge in [0.2, 0.25) is 0 Å². The molecule has 0 spiro atoms. The molecule has 29 heavy (non-hydrogen) atoms. The summed E-state index contributed by atoms with van der Waals surface area (Å²) in [5, 5.41) is 11.1. The van der Waals surface area contributed by atoms with E-state index in [2.05, 4.69) is 38.1 Å². The fraction of sp³-hybridized carbons (Fsp3) is 0.731. The first-order valence-corrected chi connectivity index (χ1v) is 12.1. The van der Waals surface area contributed by atoms with E-state index in [1.165, 1.54) is 50.5 Å². The molecular formula is C26H42O3. The molecular weight excluding hydrogens is 360 g/mol. The molecule has 1 N–H and O–H groups in total. The van der Waals surface area contributed by atoms with Gasteiger partial charge in [-0.25, -0.2) is 0 Å². The lowest BCUT2D eigenvalue weighted by Gasteiger charge is -2.35. The highest BCUT2D eigenvalue weighted by atomic mass is 16.5. The van der Waals surface area contributed by atoms with Gasteiger partial charge >= 0.3 is 5.97 Å². The zero-order valence-corrected chi connectivity index (χ0v) is 18.8. The number of hydrogen-bond acceptors (Lipinski definition) is 3. The number of unbranched alkanes of at least 4 members (excludes halogenated alkanes) is 7. The third-order valence-electron chi connectivity index (χ3n) is 6.45. The van der Waals surface area contributed by atoms with Crippen LogP contribution in [0.25, 0.3) is 0 Å². The van der Waals surface area contributed by atoms with Crippen molar-refractivity contribution in [3.05, 3.63) is 35.4 Å². The Balaban J connectivity index is 1.73. The van der Waals surface area contributed by atoms with Crippen LogP contribution >= 0.6 is 0 Å². The number of hydrogen-bond donors (Lipinski definition) is 1. The highest BCUT2D eigenvalue weighted by molar-refractivity contribution is 5.72. The molecule has 164 valence electrons. The fourth-order valence-corrected chi connectivity index (χ4v) is 4.35. The van der Waals surface area contributed by atoms with Gasteiger partial charge in [-0.2, -0.15) is 0 Å². The van der Waals surface area contributed by atoms with Crippen molar-refractivity contribution in [3.8, 4) is 0 Å². The fourth-order valence-electron chi connectivity index (χ4n) is 4.35. The molecule has 1 aliphatic rings. The second-order valence-electron chi connectivity index (χ2n) is 8.90. The Labute approximate surface area is 178 Å². The van der Waals surface area contributed by atoms with Crippen molar-refractivity contribution in [1.82, 2.24) is 0 Å². The average Bonchev–Trinajstić information content (AvgIpc) is 2.74. The standard InChI is InChI=1S/C26H42O3/c1-3-5-7-9-11-21-29-25(27)23-17-19-26(28,20-18-23)24-15-13-22(14-16-24)12-10-8-6-4-2/h13-16,23,28H,3-12,17-21H2,1-2H3. The number of rotatable bonds is 13. The zero-order chi connectivity index (χ0) is 21.0. The number of ether oxygens (including phenoxy) is 1. The number of esters is 1. The van der Waals surface area contributed by atoms with E-state index < -0.39 is 5.60 Å². The van der Waals surface area contributed by atoms with Crippen molar-refractivity contribution in [2.24, 2.45) is 5.92 Å². The smallest absolute Gasteiger partial charge is 0.308 e. The van der Waals surface area contributed by atoms with Gasteiger partial charge in [0.05, 0.1) is 18.1 Å². The molecule has 0 amide bonds. The van der Waals surface area contributed by atoms with Gasteiger partial charge in [0.15, 0.2) is 0 Å². The summed E-state index contributed by atoms with van der Waals surface area (Å²) in [4.78, 5) is 12.3. The van der Waals surface area contributed by atoms with Crippen LogP contribution in [-0.4, -0.2) is 17.7 Å². The van der Waals surface area contributed by atoms with Crippen molar-refractivity contribution < 1.29 is 14.6 Å². The minimum atomic E-state index is -0.794. The second-order valence-corrected chi connectivity index (χ2v) is 8.90. The molecule has 0 heterocycles. The van der Waals surface area contributed by atoms with Gasteiger partial charge in [0.1, 0.15) is 0 Å². The lowest BCUT2D eigenvalue weighted by atomic mass is 9.75. The lowest BCUT2D eigenvalue weighted by Crippen LogP contribution is -2.34. The van der Waals surface area contributed by atoms with E-state index in [0.717, 1.165) is 24.8 Å². The van der Waals surface area contributed by atoms with Gasteiger partial charge in [-0.1, -0.05) is 83.1 Å². The predicted octanol–water partition coefficient (Wildman–Crippen LogP) is 6.70. The van der Waals surface area contributed by atoms with Gasteiger partial charge in [-0.3, -0.25) is 4.79 Å². The van der Waals surface area contributed by atoms with E-state index in [0.29, 0.717) is 32.3 Å². The first-order valence-electron chi connectivity index (χ1n) is 12.1. The second kappa shape index (κ2) is 13.1. The molecule has 1 saturated carbocycles. The Morgan fingerprint density at radius 2 is 1.52 bits per heavy atom. The van der Waals surface area contributed by atoms with Crippen LogP contribution < -0.4 is 0 Å². The SMILES string of the molecule is CCCCCCCOC(=O)C1CCC(O)(c2ccc(CCCCCC)cc2)CC1. The van der Waals surface area contributed by atoms with Crippen LogP contribution in [0.1, 0.15) is 108 Å². The number of carbonyl (C=O) groups excluding carboxylic acids is 1. The first kappa shape index (κ1) is 23.9. The summed E-state index contributed by atoms with van der Waals surface area (Å²) in [5.74, 6) is -0.117. The lowest BCUT2D eigenvalue weighted by molar-refractivity contribution is -0.152. The average molecular weight is 403 g/mol. The highest BCUT2D eigenvalue weighted by Crippen LogP contribution is 2.40. The minimum absolute atomic E-state index is 0.0521. The van der Waals surface area contributed by atoms with Gasteiger partial charge in [-0.05, 0) is 56.1 Å². The van der Waals surface area contributed by atoms with Crippen LogP contribution in [0.4, 0.5) is 0 Å². The summed E-state index contributed by atoms with van der Waals surface area (Å²) in [5.41, 5.74) is 1.56. The Morgan fingerprint density at radius 3 is 2.14 bits per heavy atom. The number of benzene rings is 1. The Morgan fingerprint density at radius 1 is 0.931 bits per heavy atom. The van der Waals surface area contributed by atoms with Crippen LogP contribution in [0.3, 0.4) is 0 Å². The van der Waals surface area contributed by atoms with E-state index >= 15 is 0 Å². The van der Waals surface area contributed by atoms with Crippen molar-refractivity contribution in [3.63, 3.8) is 0 Å². The first-order chi connectivity index (χ1) is 14.1. The van der Waals surface area contributed by atoms with Crippen LogP contribution in [0, 0.1) is 5.92 Å². The summed E-state index contributed by atoms with van der Waals surface area (Å²) >= 11 is 0. The van der Waals surface area contributed by atoms with Crippen LogP contribution in [0.5, 0.6) is 0 Å². The minimum Gasteiger partial charge on any atom is -0.465 e. The largest absolute Gasteiger partial charge is 0.465 e. The van der Waals surface area contributed by atoms with E-state index in [9.17, 15) is 9.90 Å². The van der Waals surface area contributed by atoms with E-state index in [-0.39, 0.29) is 11.9 Å². The van der Waals surface area contributed by atoms with Crippen LogP contribution in [0.2, 0.25) is 0 Å². The molecule has 0 aromatic heterocycles. The predicted molar refractivity (Wildman–Crippen MR) is 120 cm³/mol. The molecule has 0 saturated heterocycles. The molecule has 1 aliphatic carbocycles. The Kier molecular flexibility index (Phi) is 10.8. The molecule has 0 bridgehead atoms. The molecule has 0 radical (unpaired) electrons. The monoisotopic (exact) mass is 402 g/mol. The van der Waals surface area contributed by atoms with Gasteiger partial charge in [0, 0.05) is 0 Å². The van der Waals surface area contributed by atoms with Crippen LogP contribution in [0.15, 0.2) is 24.3 Å². The summed E-state index contributed by atoms with van der Waals surface area (Å²) in [6.45, 7) is 4.98. The van der Waals surface area contributed by atoms with Crippen molar-refractivity contribution in [1.29, 1.82) is 0 Å². The van der Waals surface area contributed by atoms with Gasteiger partial charge in [0.25, 0.3) is 0 Å². The third kappa shape index (κ3) is 8.12. The van der Waals surface area contributed by atoms with Crippen molar-refractivity contribution in [2.75, 3.05) is 6.61 Å². The van der Waals surface area contributed by atoms with Crippen molar-refractivity contribution in [2.45, 2.75) is 109 Å². The van der Waals surface area contributed by atoms with Crippen LogP contribution in [-0.2, 0) is 21.6 Å². The molecule has 1 aromatic carbocycles. The number of carbonyl (C=O) groups is 1. The normalized spacial score (nSPS) is 21.8.